The van der Waals surface area contributed by atoms with Crippen LogP contribution in [0.25, 0.3) is 10.8 Å². The minimum Gasteiger partial charge on any atom is -0.398 e. The lowest BCUT2D eigenvalue weighted by atomic mass is 10.0. The van der Waals surface area contributed by atoms with Crippen molar-refractivity contribution >= 4 is 22.2 Å². The fraction of sp³-hybridized carbons (Fsp3) is 0. The quantitative estimate of drug-likeness (QED) is 0.531. The summed E-state index contributed by atoms with van der Waals surface area (Å²) in [5.41, 5.74) is 7.72. The van der Waals surface area contributed by atoms with Crippen molar-refractivity contribution in [2.24, 2.45) is 0 Å². The van der Waals surface area contributed by atoms with Crippen molar-refractivity contribution in [1.29, 1.82) is 0 Å². The zero-order chi connectivity index (χ0) is 12.5. The van der Waals surface area contributed by atoms with Crippen molar-refractivity contribution < 1.29 is 4.79 Å². The number of hydrogen-bond acceptors (Lipinski definition) is 2. The topological polar surface area (TPSA) is 58.9 Å². The summed E-state index contributed by atoms with van der Waals surface area (Å²) in [6, 6.07) is 15.0. The molecule has 1 aromatic heterocycles. The lowest BCUT2D eigenvalue weighted by Crippen LogP contribution is -2.06. The lowest BCUT2D eigenvalue weighted by molar-refractivity contribution is 0.103. The molecule has 18 heavy (non-hydrogen) atoms. The molecule has 0 aliphatic heterocycles. The number of H-pyrrole nitrogens is 1. The van der Waals surface area contributed by atoms with Crippen molar-refractivity contribution in [1.82, 2.24) is 4.98 Å². The molecule has 0 unspecified atom stereocenters. The number of fused-ring (bicyclic) bond motifs is 1. The molecule has 2 aromatic carbocycles. The molecular weight excluding hydrogens is 224 g/mol. The molecule has 0 saturated heterocycles. The number of anilines is 1. The second-order valence-corrected chi connectivity index (χ2v) is 4.16. The Hall–Kier alpha value is -2.55. The van der Waals surface area contributed by atoms with E-state index in [-0.39, 0.29) is 5.78 Å². The Kier molecular flexibility index (Phi) is 2.38. The first kappa shape index (κ1) is 10.6. The van der Waals surface area contributed by atoms with Crippen molar-refractivity contribution in [2.75, 3.05) is 5.73 Å². The van der Waals surface area contributed by atoms with Crippen LogP contribution in [-0.2, 0) is 0 Å². The first-order chi connectivity index (χ1) is 8.77. The summed E-state index contributed by atoms with van der Waals surface area (Å²) in [5, 5.41) is 1.95. The highest BCUT2D eigenvalue weighted by molar-refractivity contribution is 6.15. The molecular formula is C15H12N2O. The zero-order valence-corrected chi connectivity index (χ0v) is 9.68. The Balaban J connectivity index is 2.19. The van der Waals surface area contributed by atoms with E-state index in [0.29, 0.717) is 16.9 Å². The molecule has 0 fully saturated rings. The van der Waals surface area contributed by atoms with Gasteiger partial charge in [0.15, 0.2) is 0 Å². The third-order valence-electron chi connectivity index (χ3n) is 3.06. The van der Waals surface area contributed by atoms with E-state index in [1.54, 1.807) is 24.4 Å². The Morgan fingerprint density at radius 1 is 1.00 bits per heavy atom. The highest BCUT2D eigenvalue weighted by atomic mass is 16.1. The van der Waals surface area contributed by atoms with Crippen LogP contribution in [0.1, 0.15) is 16.1 Å². The number of rotatable bonds is 2. The van der Waals surface area contributed by atoms with Crippen LogP contribution >= 0.6 is 0 Å². The minimum absolute atomic E-state index is 0.0803. The number of ketones is 1. The van der Waals surface area contributed by atoms with Gasteiger partial charge in [0.25, 0.3) is 0 Å². The van der Waals surface area contributed by atoms with Gasteiger partial charge in [0, 0.05) is 17.1 Å². The summed E-state index contributed by atoms with van der Waals surface area (Å²) < 4.78 is 0. The van der Waals surface area contributed by atoms with Gasteiger partial charge in [-0.05, 0) is 23.6 Å². The zero-order valence-electron chi connectivity index (χ0n) is 9.68. The molecule has 3 nitrogen and oxygen atoms in total. The molecule has 1 heterocycles. The molecule has 88 valence electrons. The van der Waals surface area contributed by atoms with Gasteiger partial charge in [-0.1, -0.05) is 30.3 Å². The standard InChI is InChI=1S/C15H12N2O/c16-14-11-5-2-1-4-10(11)7-8-12(14)15(18)13-6-3-9-17-13/h1-9,17H,16H2. The Bertz CT molecular complexity index is 714. The van der Waals surface area contributed by atoms with Gasteiger partial charge in [-0.3, -0.25) is 4.79 Å². The highest BCUT2D eigenvalue weighted by Gasteiger charge is 2.14. The number of aromatic nitrogens is 1. The molecule has 3 N–H and O–H groups in total. The third-order valence-corrected chi connectivity index (χ3v) is 3.06. The summed E-state index contributed by atoms with van der Waals surface area (Å²) in [7, 11) is 0. The maximum absolute atomic E-state index is 12.3. The van der Waals surface area contributed by atoms with Crippen LogP contribution in [0.5, 0.6) is 0 Å². The number of hydrogen-bond donors (Lipinski definition) is 2. The number of carbonyl (C=O) groups excluding carboxylic acids is 1. The van der Waals surface area contributed by atoms with E-state index in [4.69, 9.17) is 5.73 Å². The maximum Gasteiger partial charge on any atom is 0.211 e. The molecule has 3 heteroatoms. The van der Waals surface area contributed by atoms with Gasteiger partial charge >= 0.3 is 0 Å². The van der Waals surface area contributed by atoms with Crippen LogP contribution in [0.15, 0.2) is 54.7 Å². The lowest BCUT2D eigenvalue weighted by Gasteiger charge is -2.07. The van der Waals surface area contributed by atoms with Crippen molar-refractivity contribution in [2.45, 2.75) is 0 Å². The second kappa shape index (κ2) is 4.04. The van der Waals surface area contributed by atoms with E-state index >= 15 is 0 Å². The van der Waals surface area contributed by atoms with Gasteiger partial charge in [-0.25, -0.2) is 0 Å². The summed E-state index contributed by atoms with van der Waals surface area (Å²) in [5.74, 6) is -0.0803. The normalized spacial score (nSPS) is 10.7. The van der Waals surface area contributed by atoms with Crippen LogP contribution in [0, 0.1) is 0 Å². The molecule has 0 saturated carbocycles. The molecule has 0 spiro atoms. The van der Waals surface area contributed by atoms with Crippen molar-refractivity contribution in [3.63, 3.8) is 0 Å². The fourth-order valence-electron chi connectivity index (χ4n) is 2.11. The Morgan fingerprint density at radius 2 is 1.83 bits per heavy atom. The first-order valence-electron chi connectivity index (χ1n) is 5.72. The van der Waals surface area contributed by atoms with Crippen molar-refractivity contribution in [3.8, 4) is 0 Å². The van der Waals surface area contributed by atoms with Crippen LogP contribution in [0.3, 0.4) is 0 Å². The SMILES string of the molecule is Nc1c(C(=O)c2ccc[nH]2)ccc2ccccc12. The summed E-state index contributed by atoms with van der Waals surface area (Å²) in [4.78, 5) is 15.2. The van der Waals surface area contributed by atoms with Gasteiger partial charge in [0.1, 0.15) is 0 Å². The second-order valence-electron chi connectivity index (χ2n) is 4.16. The summed E-state index contributed by atoms with van der Waals surface area (Å²) >= 11 is 0. The smallest absolute Gasteiger partial charge is 0.211 e. The summed E-state index contributed by atoms with van der Waals surface area (Å²) in [6.45, 7) is 0. The first-order valence-corrected chi connectivity index (χ1v) is 5.72. The van der Waals surface area contributed by atoms with Gasteiger partial charge in [-0.2, -0.15) is 0 Å². The molecule has 0 amide bonds. The van der Waals surface area contributed by atoms with Gasteiger partial charge in [0.2, 0.25) is 5.78 Å². The van der Waals surface area contributed by atoms with Gasteiger partial charge < -0.3 is 10.7 Å². The average Bonchev–Trinajstić information content (AvgIpc) is 2.93. The third kappa shape index (κ3) is 1.57. The van der Waals surface area contributed by atoms with E-state index in [1.165, 1.54) is 0 Å². The highest BCUT2D eigenvalue weighted by Crippen LogP contribution is 2.26. The van der Waals surface area contributed by atoms with Crippen LogP contribution in [-0.4, -0.2) is 10.8 Å². The molecule has 0 atom stereocenters. The van der Waals surface area contributed by atoms with Gasteiger partial charge in [-0.15, -0.1) is 0 Å². The molecule has 3 aromatic rings. The van der Waals surface area contributed by atoms with E-state index < -0.39 is 0 Å². The molecule has 0 aliphatic carbocycles. The monoisotopic (exact) mass is 236 g/mol. The van der Waals surface area contributed by atoms with Crippen LogP contribution in [0.4, 0.5) is 5.69 Å². The number of nitrogen functional groups attached to an aromatic ring is 1. The summed E-state index contributed by atoms with van der Waals surface area (Å²) in [6.07, 6.45) is 1.73. The molecule has 0 radical (unpaired) electrons. The largest absolute Gasteiger partial charge is 0.398 e. The fourth-order valence-corrected chi connectivity index (χ4v) is 2.11. The van der Waals surface area contributed by atoms with E-state index in [1.807, 2.05) is 30.3 Å². The number of carbonyl (C=O) groups is 1. The Labute approximate surface area is 104 Å². The van der Waals surface area contributed by atoms with E-state index in [2.05, 4.69) is 4.98 Å². The molecule has 0 aliphatic rings. The minimum atomic E-state index is -0.0803. The molecule has 3 rings (SSSR count). The number of aromatic amines is 1. The van der Waals surface area contributed by atoms with Crippen molar-refractivity contribution in [3.05, 3.63) is 66.0 Å². The number of benzene rings is 2. The Morgan fingerprint density at radius 3 is 2.61 bits per heavy atom. The predicted molar refractivity (Wildman–Crippen MR) is 72.6 cm³/mol. The maximum atomic E-state index is 12.3. The number of nitrogens with two attached hydrogens (primary N) is 1. The molecule has 0 bridgehead atoms. The predicted octanol–water partition coefficient (Wildman–Crippen LogP) is 2.98. The van der Waals surface area contributed by atoms with E-state index in [9.17, 15) is 4.79 Å². The van der Waals surface area contributed by atoms with Gasteiger partial charge in [0.05, 0.1) is 11.4 Å². The van der Waals surface area contributed by atoms with Crippen LogP contribution in [0.2, 0.25) is 0 Å². The number of nitrogens with one attached hydrogen (secondary N) is 1. The average molecular weight is 236 g/mol. The van der Waals surface area contributed by atoms with E-state index in [0.717, 1.165) is 10.8 Å². The van der Waals surface area contributed by atoms with Crippen LogP contribution < -0.4 is 5.73 Å².